The third-order valence-corrected chi connectivity index (χ3v) is 10.6. The molecule has 4 aromatic rings. The molecule has 12 heteroatoms. The molecule has 0 saturated heterocycles. The smallest absolute Gasteiger partial charge is 0.407 e. The van der Waals surface area contributed by atoms with Gasteiger partial charge in [0.05, 0.1) is 27.6 Å². The van der Waals surface area contributed by atoms with Crippen LogP contribution in [0.2, 0.25) is 0 Å². The minimum absolute atomic E-state index is 0.0242. The predicted molar refractivity (Wildman–Crippen MR) is 200 cm³/mol. The first-order chi connectivity index (χ1) is 24.1. The summed E-state index contributed by atoms with van der Waals surface area (Å²) < 4.78 is 5.51. The number of alkyl carbamates (subject to hydrolysis) is 1. The fourth-order valence-electron chi connectivity index (χ4n) is 5.72. The second-order valence-electron chi connectivity index (χ2n) is 13.1. The number of nitrogens with one attached hydrogen (secondary N) is 3. The SMILES string of the molecule is CNC(C)C(NC(=O)N(C)Cc1csc(C(C)C)n1)C(=O)CC(CCC(Cc1ccccc1)NC(=O)OCc1cncs1)Cc1ccccc1. The van der Waals surface area contributed by atoms with Gasteiger partial charge in [0.25, 0.3) is 0 Å². The van der Waals surface area contributed by atoms with Crippen LogP contribution in [0.15, 0.2) is 77.8 Å². The summed E-state index contributed by atoms with van der Waals surface area (Å²) in [5.41, 5.74) is 4.77. The van der Waals surface area contributed by atoms with Crippen molar-refractivity contribution in [2.24, 2.45) is 5.92 Å². The molecule has 10 nitrogen and oxygen atoms in total. The molecule has 268 valence electrons. The molecule has 0 saturated carbocycles. The maximum Gasteiger partial charge on any atom is 0.407 e. The maximum atomic E-state index is 14.1. The quantitative estimate of drug-likeness (QED) is 0.0956. The van der Waals surface area contributed by atoms with Crippen molar-refractivity contribution in [3.8, 4) is 0 Å². The zero-order valence-electron chi connectivity index (χ0n) is 29.6. The van der Waals surface area contributed by atoms with Crippen LogP contribution in [0.1, 0.15) is 72.7 Å². The van der Waals surface area contributed by atoms with Gasteiger partial charge in [0, 0.05) is 43.0 Å². The summed E-state index contributed by atoms with van der Waals surface area (Å²) >= 11 is 3.03. The molecule has 0 aliphatic heterocycles. The van der Waals surface area contributed by atoms with Crippen molar-refractivity contribution in [3.63, 3.8) is 0 Å². The standard InChI is InChI=1S/C38H50N6O4S2/c1-26(2)36-41-32(24-49-36)22-44(5)37(46)43-35(27(3)39-4)34(45)20-30(18-28-12-8-6-9-13-28)16-17-31(19-29-14-10-7-11-15-29)42-38(47)48-23-33-21-40-25-50-33/h6-15,21,24-27,30-31,35,39H,16-20,22-23H2,1-5H3,(H,42,47)(H,43,46). The summed E-state index contributed by atoms with van der Waals surface area (Å²) in [5.74, 6) is 0.258. The Morgan fingerprint density at radius 1 is 0.900 bits per heavy atom. The first-order valence-corrected chi connectivity index (χ1v) is 18.9. The Balaban J connectivity index is 1.45. The summed E-state index contributed by atoms with van der Waals surface area (Å²) in [6.45, 7) is 6.61. The number of likely N-dealkylation sites (N-methyl/N-ethyl adjacent to an activating group) is 1. The first-order valence-electron chi connectivity index (χ1n) is 17.2. The van der Waals surface area contributed by atoms with Gasteiger partial charge in [0.1, 0.15) is 12.6 Å². The highest BCUT2D eigenvalue weighted by Crippen LogP contribution is 2.23. The number of carbonyl (C=O) groups excluding carboxylic acids is 3. The van der Waals surface area contributed by atoms with Gasteiger partial charge >= 0.3 is 12.1 Å². The van der Waals surface area contributed by atoms with Crippen LogP contribution >= 0.6 is 22.7 Å². The summed E-state index contributed by atoms with van der Waals surface area (Å²) in [6, 6.07) is 18.6. The molecule has 0 aliphatic rings. The van der Waals surface area contributed by atoms with Crippen LogP contribution in [-0.4, -0.2) is 65.0 Å². The van der Waals surface area contributed by atoms with E-state index >= 15 is 0 Å². The number of hydrogen-bond acceptors (Lipinski definition) is 9. The van der Waals surface area contributed by atoms with Gasteiger partial charge in [-0.2, -0.15) is 0 Å². The van der Waals surface area contributed by atoms with E-state index in [1.807, 2.05) is 60.8 Å². The maximum absolute atomic E-state index is 14.1. The van der Waals surface area contributed by atoms with Crippen LogP contribution in [0.4, 0.5) is 9.59 Å². The molecule has 4 rings (SSSR count). The number of urea groups is 1. The van der Waals surface area contributed by atoms with Gasteiger partial charge < -0.3 is 25.6 Å². The van der Waals surface area contributed by atoms with Gasteiger partial charge in [-0.15, -0.1) is 22.7 Å². The van der Waals surface area contributed by atoms with E-state index in [4.69, 9.17) is 4.74 Å². The van der Waals surface area contributed by atoms with Crippen molar-refractivity contribution < 1.29 is 19.1 Å². The van der Waals surface area contributed by atoms with Gasteiger partial charge in [0.2, 0.25) is 0 Å². The highest BCUT2D eigenvalue weighted by molar-refractivity contribution is 7.09. The van der Waals surface area contributed by atoms with Crippen molar-refractivity contribution in [1.29, 1.82) is 0 Å². The minimum atomic E-state index is -0.727. The lowest BCUT2D eigenvalue weighted by Crippen LogP contribution is -2.55. The number of carbonyl (C=O) groups is 3. The van der Waals surface area contributed by atoms with E-state index in [9.17, 15) is 14.4 Å². The molecule has 2 aromatic carbocycles. The number of rotatable bonds is 19. The van der Waals surface area contributed by atoms with E-state index in [1.165, 1.54) is 11.3 Å². The van der Waals surface area contributed by atoms with Crippen LogP contribution in [0.5, 0.6) is 0 Å². The largest absolute Gasteiger partial charge is 0.444 e. The van der Waals surface area contributed by atoms with Crippen LogP contribution in [-0.2, 0) is 35.5 Å². The Morgan fingerprint density at radius 3 is 2.18 bits per heavy atom. The molecular formula is C38H50N6O4S2. The number of nitrogens with zero attached hydrogens (tertiary/aromatic N) is 3. The van der Waals surface area contributed by atoms with E-state index < -0.39 is 12.1 Å². The monoisotopic (exact) mass is 718 g/mol. The summed E-state index contributed by atoms with van der Waals surface area (Å²) in [7, 11) is 3.51. The number of benzene rings is 2. The van der Waals surface area contributed by atoms with E-state index in [-0.39, 0.29) is 42.8 Å². The van der Waals surface area contributed by atoms with Crippen molar-refractivity contribution in [1.82, 2.24) is 30.8 Å². The third-order valence-electron chi connectivity index (χ3n) is 8.65. The molecule has 0 aliphatic carbocycles. The van der Waals surface area contributed by atoms with E-state index in [0.29, 0.717) is 38.1 Å². The number of Topliss-reactive ketones (excluding diaryl/α,β-unsaturated/α-hetero) is 1. The van der Waals surface area contributed by atoms with E-state index in [1.54, 1.807) is 42.0 Å². The summed E-state index contributed by atoms with van der Waals surface area (Å²) in [4.78, 5) is 51.5. The molecule has 4 atom stereocenters. The molecule has 50 heavy (non-hydrogen) atoms. The summed E-state index contributed by atoms with van der Waals surface area (Å²) in [6.07, 6.45) is 4.12. The number of hydrogen-bond donors (Lipinski definition) is 3. The lowest BCUT2D eigenvalue weighted by atomic mass is 9.85. The van der Waals surface area contributed by atoms with Gasteiger partial charge in [-0.1, -0.05) is 74.5 Å². The van der Waals surface area contributed by atoms with Crippen molar-refractivity contribution in [2.75, 3.05) is 14.1 Å². The topological polar surface area (TPSA) is 126 Å². The number of ether oxygens (including phenoxy) is 1. The fraction of sp³-hybridized carbons (Fsp3) is 0.447. The van der Waals surface area contributed by atoms with Gasteiger partial charge in [0.15, 0.2) is 5.78 Å². The number of amides is 3. The minimum Gasteiger partial charge on any atom is -0.444 e. The average Bonchev–Trinajstić information content (AvgIpc) is 3.82. The zero-order chi connectivity index (χ0) is 35.9. The van der Waals surface area contributed by atoms with E-state index in [2.05, 4.69) is 51.9 Å². The molecule has 0 bridgehead atoms. The molecule has 2 heterocycles. The van der Waals surface area contributed by atoms with E-state index in [0.717, 1.165) is 26.7 Å². The second-order valence-corrected chi connectivity index (χ2v) is 14.9. The predicted octanol–water partition coefficient (Wildman–Crippen LogP) is 6.98. The number of aromatic nitrogens is 2. The van der Waals surface area contributed by atoms with Crippen LogP contribution < -0.4 is 16.0 Å². The molecule has 4 unspecified atom stereocenters. The Morgan fingerprint density at radius 2 is 1.58 bits per heavy atom. The number of thiazole rings is 2. The van der Waals surface area contributed by atoms with Crippen molar-refractivity contribution in [3.05, 3.63) is 104 Å². The van der Waals surface area contributed by atoms with Crippen LogP contribution in [0, 0.1) is 5.92 Å². The molecular weight excluding hydrogens is 669 g/mol. The normalized spacial score (nSPS) is 13.6. The molecule has 0 fully saturated rings. The summed E-state index contributed by atoms with van der Waals surface area (Å²) in [5, 5.41) is 12.3. The zero-order valence-corrected chi connectivity index (χ0v) is 31.3. The first kappa shape index (κ1) is 38.7. The van der Waals surface area contributed by atoms with Crippen molar-refractivity contribution >= 4 is 40.6 Å². The number of ketones is 1. The molecule has 0 spiro atoms. The second kappa shape index (κ2) is 19.9. The molecule has 2 aromatic heterocycles. The lowest BCUT2D eigenvalue weighted by molar-refractivity contribution is -0.122. The lowest BCUT2D eigenvalue weighted by Gasteiger charge is -2.28. The third kappa shape index (κ3) is 12.6. The molecule has 3 N–H and O–H groups in total. The average molecular weight is 719 g/mol. The van der Waals surface area contributed by atoms with Crippen LogP contribution in [0.3, 0.4) is 0 Å². The highest BCUT2D eigenvalue weighted by Gasteiger charge is 2.30. The Hall–Kier alpha value is -4.13. The van der Waals surface area contributed by atoms with Gasteiger partial charge in [-0.3, -0.25) is 9.78 Å². The van der Waals surface area contributed by atoms with Gasteiger partial charge in [-0.05, 0) is 56.7 Å². The highest BCUT2D eigenvalue weighted by atomic mass is 32.1. The molecule has 0 radical (unpaired) electrons. The Labute approximate surface area is 304 Å². The van der Waals surface area contributed by atoms with Crippen molar-refractivity contribution in [2.45, 2.75) is 90.1 Å². The Kier molecular flexibility index (Phi) is 15.4. The molecule has 3 amide bonds. The van der Waals surface area contributed by atoms with Crippen LogP contribution in [0.25, 0.3) is 0 Å². The Bertz CT molecular complexity index is 1600. The fourth-order valence-corrected chi connectivity index (χ4v) is 7.06. The van der Waals surface area contributed by atoms with Gasteiger partial charge in [-0.25, -0.2) is 14.6 Å².